The summed E-state index contributed by atoms with van der Waals surface area (Å²) in [6.45, 7) is 2.59. The summed E-state index contributed by atoms with van der Waals surface area (Å²) >= 11 is 1.62. The number of nitro benzene ring substituents is 1. The summed E-state index contributed by atoms with van der Waals surface area (Å²) in [4.78, 5) is 15.9. The molecule has 5 nitrogen and oxygen atoms in total. The molecule has 1 N–H and O–H groups in total. The van der Waals surface area contributed by atoms with Gasteiger partial charge in [-0.05, 0) is 12.5 Å². The van der Waals surface area contributed by atoms with Crippen LogP contribution in [0.1, 0.15) is 16.8 Å². The van der Waals surface area contributed by atoms with Gasteiger partial charge >= 0.3 is 0 Å². The molecule has 0 saturated heterocycles. The zero-order chi connectivity index (χ0) is 13.0. The molecule has 1 aromatic heterocycles. The molecule has 1 heterocycles. The van der Waals surface area contributed by atoms with E-state index in [1.807, 2.05) is 6.20 Å². The zero-order valence-electron chi connectivity index (χ0n) is 9.92. The Bertz CT molecular complexity index is 554. The smallest absolute Gasteiger partial charge is 0.292 e. The van der Waals surface area contributed by atoms with Crippen molar-refractivity contribution in [1.82, 2.24) is 4.98 Å². The van der Waals surface area contributed by atoms with Gasteiger partial charge in [0.2, 0.25) is 0 Å². The zero-order valence-corrected chi connectivity index (χ0v) is 10.7. The van der Waals surface area contributed by atoms with Gasteiger partial charge in [0.15, 0.2) is 0 Å². The van der Waals surface area contributed by atoms with Gasteiger partial charge in [-0.15, -0.1) is 11.3 Å². The highest BCUT2D eigenvalue weighted by Gasteiger charge is 2.12. The number of hydrogen-bond donors (Lipinski definition) is 1. The molecule has 0 spiro atoms. The SMILES string of the molecule is CCc1cnc(CNc2ccccc2[N+](=O)[O-])s1. The molecule has 0 aliphatic heterocycles. The van der Waals surface area contributed by atoms with E-state index in [2.05, 4.69) is 17.2 Å². The van der Waals surface area contributed by atoms with E-state index in [9.17, 15) is 10.1 Å². The molecule has 0 amide bonds. The van der Waals surface area contributed by atoms with E-state index in [1.54, 1.807) is 29.5 Å². The highest BCUT2D eigenvalue weighted by atomic mass is 32.1. The van der Waals surface area contributed by atoms with E-state index < -0.39 is 0 Å². The molecule has 0 atom stereocenters. The molecule has 2 aromatic rings. The molecule has 0 saturated carbocycles. The number of nitrogens with zero attached hydrogens (tertiary/aromatic N) is 2. The van der Waals surface area contributed by atoms with E-state index >= 15 is 0 Å². The van der Waals surface area contributed by atoms with Crippen molar-refractivity contribution < 1.29 is 4.92 Å². The average Bonchev–Trinajstić information content (AvgIpc) is 2.84. The van der Waals surface area contributed by atoms with Crippen molar-refractivity contribution in [2.75, 3.05) is 5.32 Å². The van der Waals surface area contributed by atoms with Crippen LogP contribution in [-0.2, 0) is 13.0 Å². The second kappa shape index (κ2) is 5.59. The van der Waals surface area contributed by atoms with Gasteiger partial charge in [-0.1, -0.05) is 19.1 Å². The minimum Gasteiger partial charge on any atom is -0.373 e. The molecule has 94 valence electrons. The number of aromatic nitrogens is 1. The predicted octanol–water partition coefficient (Wildman–Crippen LogP) is 3.23. The Balaban J connectivity index is 2.08. The number of nitro groups is 1. The highest BCUT2D eigenvalue weighted by molar-refractivity contribution is 7.11. The molecular formula is C12H13N3O2S. The Labute approximate surface area is 109 Å². The second-order valence-electron chi connectivity index (χ2n) is 3.70. The summed E-state index contributed by atoms with van der Waals surface area (Å²) in [5, 5.41) is 14.8. The molecular weight excluding hydrogens is 250 g/mol. The van der Waals surface area contributed by atoms with Crippen molar-refractivity contribution >= 4 is 22.7 Å². The molecule has 0 fully saturated rings. The van der Waals surface area contributed by atoms with Crippen LogP contribution in [0.2, 0.25) is 0 Å². The number of hydrogen-bond acceptors (Lipinski definition) is 5. The van der Waals surface area contributed by atoms with E-state index in [0.29, 0.717) is 12.2 Å². The molecule has 2 rings (SSSR count). The van der Waals surface area contributed by atoms with Crippen molar-refractivity contribution in [3.05, 3.63) is 50.5 Å². The normalized spacial score (nSPS) is 10.3. The first-order valence-electron chi connectivity index (χ1n) is 5.61. The minimum atomic E-state index is -0.387. The van der Waals surface area contributed by atoms with Gasteiger partial charge in [0.25, 0.3) is 5.69 Å². The molecule has 0 aliphatic carbocycles. The van der Waals surface area contributed by atoms with Crippen molar-refractivity contribution in [2.45, 2.75) is 19.9 Å². The largest absolute Gasteiger partial charge is 0.373 e. The molecule has 0 bridgehead atoms. The number of thiazole rings is 1. The molecule has 18 heavy (non-hydrogen) atoms. The quantitative estimate of drug-likeness (QED) is 0.664. The molecule has 0 aliphatic rings. The average molecular weight is 263 g/mol. The maximum absolute atomic E-state index is 10.8. The number of anilines is 1. The van der Waals surface area contributed by atoms with E-state index in [1.165, 1.54) is 10.9 Å². The van der Waals surface area contributed by atoms with Gasteiger partial charge in [0, 0.05) is 17.1 Å². The van der Waals surface area contributed by atoms with Crippen molar-refractivity contribution in [3.63, 3.8) is 0 Å². The predicted molar refractivity (Wildman–Crippen MR) is 71.9 cm³/mol. The lowest BCUT2D eigenvalue weighted by atomic mass is 10.2. The Morgan fingerprint density at radius 2 is 2.22 bits per heavy atom. The summed E-state index contributed by atoms with van der Waals surface area (Å²) in [6.07, 6.45) is 2.81. The fourth-order valence-electron chi connectivity index (χ4n) is 1.55. The summed E-state index contributed by atoms with van der Waals surface area (Å²) in [5.41, 5.74) is 0.612. The second-order valence-corrected chi connectivity index (χ2v) is 4.90. The van der Waals surface area contributed by atoms with Crippen LogP contribution < -0.4 is 5.32 Å². The van der Waals surface area contributed by atoms with Gasteiger partial charge in [0.05, 0.1) is 11.5 Å². The van der Waals surface area contributed by atoms with Gasteiger partial charge in [-0.3, -0.25) is 10.1 Å². The molecule has 0 radical (unpaired) electrons. The molecule has 1 aromatic carbocycles. The fraction of sp³-hybridized carbons (Fsp3) is 0.250. The van der Waals surface area contributed by atoms with Gasteiger partial charge in [-0.25, -0.2) is 4.98 Å². The van der Waals surface area contributed by atoms with Gasteiger partial charge < -0.3 is 5.32 Å². The number of para-hydroxylation sites is 2. The van der Waals surface area contributed by atoms with Crippen LogP contribution in [0.25, 0.3) is 0 Å². The first-order chi connectivity index (χ1) is 8.70. The van der Waals surface area contributed by atoms with E-state index in [0.717, 1.165) is 11.4 Å². The highest BCUT2D eigenvalue weighted by Crippen LogP contribution is 2.24. The van der Waals surface area contributed by atoms with Crippen molar-refractivity contribution in [3.8, 4) is 0 Å². The monoisotopic (exact) mass is 263 g/mol. The standard InChI is InChI=1S/C12H13N3O2S/c1-2-9-7-14-12(18-9)8-13-10-5-3-4-6-11(10)15(16)17/h3-7,13H,2,8H2,1H3. The summed E-state index contributed by atoms with van der Waals surface area (Å²) in [6, 6.07) is 6.62. The fourth-order valence-corrected chi connectivity index (χ4v) is 2.35. The lowest BCUT2D eigenvalue weighted by Gasteiger charge is -2.04. The third kappa shape index (κ3) is 2.84. The topological polar surface area (TPSA) is 68.1 Å². The maximum atomic E-state index is 10.8. The third-order valence-electron chi connectivity index (χ3n) is 2.48. The Kier molecular flexibility index (Phi) is 3.88. The Morgan fingerprint density at radius 1 is 1.44 bits per heavy atom. The van der Waals surface area contributed by atoms with Crippen LogP contribution in [0.4, 0.5) is 11.4 Å². The number of aryl methyl sites for hydroxylation is 1. The third-order valence-corrected chi connectivity index (χ3v) is 3.62. The van der Waals surface area contributed by atoms with Gasteiger partial charge in [0.1, 0.15) is 10.7 Å². The Hall–Kier alpha value is -1.95. The van der Waals surface area contributed by atoms with Crippen molar-refractivity contribution in [1.29, 1.82) is 0 Å². The lowest BCUT2D eigenvalue weighted by molar-refractivity contribution is -0.384. The van der Waals surface area contributed by atoms with Crippen LogP contribution in [0, 0.1) is 10.1 Å². The number of rotatable bonds is 5. The first-order valence-corrected chi connectivity index (χ1v) is 6.43. The summed E-state index contributed by atoms with van der Waals surface area (Å²) in [7, 11) is 0. The number of nitrogens with one attached hydrogen (secondary N) is 1. The maximum Gasteiger partial charge on any atom is 0.292 e. The summed E-state index contributed by atoms with van der Waals surface area (Å²) in [5.74, 6) is 0. The lowest BCUT2D eigenvalue weighted by Crippen LogP contribution is -2.01. The van der Waals surface area contributed by atoms with E-state index in [-0.39, 0.29) is 10.6 Å². The van der Waals surface area contributed by atoms with Crippen molar-refractivity contribution in [2.24, 2.45) is 0 Å². The number of benzene rings is 1. The van der Waals surface area contributed by atoms with E-state index in [4.69, 9.17) is 0 Å². The van der Waals surface area contributed by atoms with Crippen LogP contribution in [-0.4, -0.2) is 9.91 Å². The summed E-state index contributed by atoms with van der Waals surface area (Å²) < 4.78 is 0. The molecule has 0 unspecified atom stereocenters. The van der Waals surface area contributed by atoms with Gasteiger partial charge in [-0.2, -0.15) is 0 Å². The Morgan fingerprint density at radius 3 is 2.89 bits per heavy atom. The van der Waals surface area contributed by atoms with Crippen LogP contribution >= 0.6 is 11.3 Å². The van der Waals surface area contributed by atoms with Crippen LogP contribution in [0.15, 0.2) is 30.5 Å². The first kappa shape index (κ1) is 12.5. The van der Waals surface area contributed by atoms with Crippen LogP contribution in [0.5, 0.6) is 0 Å². The minimum absolute atomic E-state index is 0.0878. The van der Waals surface area contributed by atoms with Crippen LogP contribution in [0.3, 0.4) is 0 Å². The molecule has 6 heteroatoms.